The third-order valence-electron chi connectivity index (χ3n) is 5.28. The van der Waals surface area contributed by atoms with Crippen LogP contribution in [0.15, 0.2) is 18.2 Å². The Morgan fingerprint density at radius 2 is 2.12 bits per heavy atom. The molecule has 1 aromatic rings. The Labute approximate surface area is 141 Å². The first-order valence-electron chi connectivity index (χ1n) is 8.65. The molecule has 2 aliphatic heterocycles. The number of aliphatic hydroxyl groups is 1. The van der Waals surface area contributed by atoms with Gasteiger partial charge < -0.3 is 24.2 Å². The van der Waals surface area contributed by atoms with Crippen LogP contribution in [-0.2, 0) is 16.0 Å². The lowest BCUT2D eigenvalue weighted by Gasteiger charge is -2.37. The fourth-order valence-electron chi connectivity index (χ4n) is 4.00. The second-order valence-corrected chi connectivity index (χ2v) is 6.77. The van der Waals surface area contributed by atoms with Gasteiger partial charge in [-0.3, -0.25) is 4.79 Å². The molecule has 1 aromatic carbocycles. The minimum atomic E-state index is 0.0883. The van der Waals surface area contributed by atoms with Crippen LogP contribution in [0.25, 0.3) is 0 Å². The average molecular weight is 333 g/mol. The van der Waals surface area contributed by atoms with Gasteiger partial charge in [0, 0.05) is 19.6 Å². The molecule has 0 radical (unpaired) electrons. The molecule has 0 spiro atoms. The van der Waals surface area contributed by atoms with Crippen LogP contribution in [0.4, 0.5) is 0 Å². The van der Waals surface area contributed by atoms with Gasteiger partial charge in [0.05, 0.1) is 18.8 Å². The zero-order chi connectivity index (χ0) is 16.5. The van der Waals surface area contributed by atoms with Crippen LogP contribution in [0.1, 0.15) is 24.8 Å². The lowest BCUT2D eigenvalue weighted by Crippen LogP contribution is -2.51. The number of hydrogen-bond acceptors (Lipinski definition) is 5. The fourth-order valence-corrected chi connectivity index (χ4v) is 4.00. The number of morpholine rings is 1. The van der Waals surface area contributed by atoms with Crippen LogP contribution in [-0.4, -0.2) is 54.6 Å². The van der Waals surface area contributed by atoms with E-state index in [1.807, 2.05) is 23.1 Å². The topological polar surface area (TPSA) is 68.2 Å². The molecular formula is C18H23NO5. The Kier molecular flexibility index (Phi) is 4.33. The first kappa shape index (κ1) is 15.7. The van der Waals surface area contributed by atoms with Crippen molar-refractivity contribution >= 4 is 5.91 Å². The van der Waals surface area contributed by atoms with Gasteiger partial charge in [0.15, 0.2) is 11.5 Å². The molecule has 6 heteroatoms. The number of benzene rings is 1. The molecule has 4 rings (SSSR count). The summed E-state index contributed by atoms with van der Waals surface area (Å²) in [6.45, 7) is 1.69. The maximum atomic E-state index is 12.7. The number of aliphatic hydroxyl groups excluding tert-OH is 1. The Bertz CT molecular complexity index is 619. The van der Waals surface area contributed by atoms with Crippen molar-refractivity contribution in [2.24, 2.45) is 5.92 Å². The van der Waals surface area contributed by atoms with Crippen molar-refractivity contribution in [3.8, 4) is 11.5 Å². The molecule has 1 saturated heterocycles. The van der Waals surface area contributed by atoms with Crippen LogP contribution < -0.4 is 9.47 Å². The Morgan fingerprint density at radius 1 is 1.25 bits per heavy atom. The summed E-state index contributed by atoms with van der Waals surface area (Å²) in [7, 11) is 0. The number of aryl methyl sites for hydroxylation is 1. The monoisotopic (exact) mass is 333 g/mol. The van der Waals surface area contributed by atoms with Crippen LogP contribution in [0.5, 0.6) is 11.5 Å². The molecule has 24 heavy (non-hydrogen) atoms. The lowest BCUT2D eigenvalue weighted by molar-refractivity contribution is -0.143. The zero-order valence-corrected chi connectivity index (χ0v) is 13.6. The Hall–Kier alpha value is -1.79. The molecule has 6 nitrogen and oxygen atoms in total. The molecule has 2 heterocycles. The molecule has 1 amide bonds. The van der Waals surface area contributed by atoms with E-state index in [2.05, 4.69) is 0 Å². The molecule has 1 unspecified atom stereocenters. The summed E-state index contributed by atoms with van der Waals surface area (Å²) in [6.07, 6.45) is 2.95. The summed E-state index contributed by atoms with van der Waals surface area (Å²) >= 11 is 0. The predicted molar refractivity (Wildman–Crippen MR) is 85.9 cm³/mol. The van der Waals surface area contributed by atoms with E-state index < -0.39 is 0 Å². The second kappa shape index (κ2) is 6.61. The van der Waals surface area contributed by atoms with Crippen molar-refractivity contribution in [3.05, 3.63) is 23.8 Å². The SMILES string of the molecule is O=C(CCc1ccc2c(c1)OCO2)N1CCOC2C[C@H](CO)C[C@@H]21. The molecule has 1 saturated carbocycles. The van der Waals surface area contributed by atoms with Gasteiger partial charge in [-0.1, -0.05) is 6.07 Å². The number of rotatable bonds is 4. The first-order chi connectivity index (χ1) is 11.7. The van der Waals surface area contributed by atoms with Gasteiger partial charge in [-0.2, -0.15) is 0 Å². The van der Waals surface area contributed by atoms with Gasteiger partial charge in [-0.15, -0.1) is 0 Å². The van der Waals surface area contributed by atoms with Crippen molar-refractivity contribution in [2.45, 2.75) is 37.8 Å². The highest BCUT2D eigenvalue weighted by Gasteiger charge is 2.42. The number of hydrogen-bond donors (Lipinski definition) is 1. The third kappa shape index (κ3) is 2.96. The van der Waals surface area contributed by atoms with E-state index >= 15 is 0 Å². The summed E-state index contributed by atoms with van der Waals surface area (Å²) in [5.41, 5.74) is 1.08. The number of ether oxygens (including phenoxy) is 3. The summed E-state index contributed by atoms with van der Waals surface area (Å²) in [5.74, 6) is 1.95. The Balaban J connectivity index is 1.37. The second-order valence-electron chi connectivity index (χ2n) is 6.77. The first-order valence-corrected chi connectivity index (χ1v) is 8.65. The van der Waals surface area contributed by atoms with Crippen molar-refractivity contribution in [1.82, 2.24) is 4.90 Å². The molecule has 1 N–H and O–H groups in total. The number of amides is 1. The third-order valence-corrected chi connectivity index (χ3v) is 5.28. The minimum Gasteiger partial charge on any atom is -0.454 e. The van der Waals surface area contributed by atoms with Crippen molar-refractivity contribution in [1.29, 1.82) is 0 Å². The minimum absolute atomic E-state index is 0.0883. The highest BCUT2D eigenvalue weighted by Crippen LogP contribution is 2.35. The van der Waals surface area contributed by atoms with Crippen LogP contribution >= 0.6 is 0 Å². The fraction of sp³-hybridized carbons (Fsp3) is 0.611. The summed E-state index contributed by atoms with van der Waals surface area (Å²) in [4.78, 5) is 14.7. The van der Waals surface area contributed by atoms with Crippen molar-refractivity contribution < 1.29 is 24.1 Å². The maximum Gasteiger partial charge on any atom is 0.231 e. The molecule has 0 aromatic heterocycles. The van der Waals surface area contributed by atoms with E-state index in [-0.39, 0.29) is 37.4 Å². The molecule has 130 valence electrons. The summed E-state index contributed by atoms with van der Waals surface area (Å²) < 4.78 is 16.5. The van der Waals surface area contributed by atoms with E-state index in [9.17, 15) is 9.90 Å². The smallest absolute Gasteiger partial charge is 0.231 e. The molecule has 3 aliphatic rings. The van der Waals surface area contributed by atoms with E-state index in [4.69, 9.17) is 14.2 Å². The van der Waals surface area contributed by atoms with Gasteiger partial charge in [-0.25, -0.2) is 0 Å². The van der Waals surface area contributed by atoms with E-state index in [0.717, 1.165) is 29.9 Å². The molecule has 2 fully saturated rings. The van der Waals surface area contributed by atoms with E-state index in [1.54, 1.807) is 0 Å². The van der Waals surface area contributed by atoms with Gasteiger partial charge >= 0.3 is 0 Å². The van der Waals surface area contributed by atoms with Gasteiger partial charge in [0.2, 0.25) is 12.7 Å². The summed E-state index contributed by atoms with van der Waals surface area (Å²) in [5, 5.41) is 9.39. The highest BCUT2D eigenvalue weighted by molar-refractivity contribution is 5.77. The molecule has 3 atom stereocenters. The number of carbonyl (C=O) groups excluding carboxylic acids is 1. The molecule has 1 aliphatic carbocycles. The number of carbonyl (C=O) groups is 1. The van der Waals surface area contributed by atoms with Crippen LogP contribution in [0.2, 0.25) is 0 Å². The normalized spacial score (nSPS) is 28.0. The Morgan fingerprint density at radius 3 is 3.00 bits per heavy atom. The maximum absolute atomic E-state index is 12.7. The van der Waals surface area contributed by atoms with Gasteiger partial charge in [-0.05, 0) is 42.9 Å². The summed E-state index contributed by atoms with van der Waals surface area (Å²) in [6, 6.07) is 5.96. The average Bonchev–Trinajstić information content (AvgIpc) is 3.24. The largest absolute Gasteiger partial charge is 0.454 e. The lowest BCUT2D eigenvalue weighted by atomic mass is 10.1. The predicted octanol–water partition coefficient (Wildman–Crippen LogP) is 1.35. The number of fused-ring (bicyclic) bond motifs is 2. The van der Waals surface area contributed by atoms with Gasteiger partial charge in [0.1, 0.15) is 0 Å². The van der Waals surface area contributed by atoms with E-state index in [1.165, 1.54) is 0 Å². The van der Waals surface area contributed by atoms with Crippen molar-refractivity contribution in [3.63, 3.8) is 0 Å². The standard InChI is InChI=1S/C18H23NO5/c20-10-13-7-14-16(9-13)22-6-5-19(14)18(21)4-2-12-1-3-15-17(8-12)24-11-23-15/h1,3,8,13-14,16,20H,2,4-7,9-11H2/t13-,14+,16?/m1/s1. The highest BCUT2D eigenvalue weighted by atomic mass is 16.7. The van der Waals surface area contributed by atoms with Crippen LogP contribution in [0.3, 0.4) is 0 Å². The zero-order valence-electron chi connectivity index (χ0n) is 13.6. The van der Waals surface area contributed by atoms with Gasteiger partial charge in [0.25, 0.3) is 0 Å². The van der Waals surface area contributed by atoms with Crippen LogP contribution in [0, 0.1) is 5.92 Å². The molecule has 0 bridgehead atoms. The quantitative estimate of drug-likeness (QED) is 0.901. The van der Waals surface area contributed by atoms with E-state index in [0.29, 0.717) is 26.0 Å². The molecular weight excluding hydrogens is 310 g/mol. The number of nitrogens with zero attached hydrogens (tertiary/aromatic N) is 1. The van der Waals surface area contributed by atoms with Crippen molar-refractivity contribution in [2.75, 3.05) is 26.6 Å².